The molecule has 0 aliphatic carbocycles. The van der Waals surface area contributed by atoms with Crippen LogP contribution < -0.4 is 5.73 Å². The molecule has 0 aliphatic rings. The minimum Gasteiger partial charge on any atom is -0.381 e. The van der Waals surface area contributed by atoms with Gasteiger partial charge in [0.05, 0.1) is 13.2 Å². The Labute approximate surface area is 121 Å². The molecule has 0 aliphatic heterocycles. The number of ether oxygens (including phenoxy) is 1. The summed E-state index contributed by atoms with van der Waals surface area (Å²) in [6.45, 7) is 3.57. The minimum atomic E-state index is -0.276. The second-order valence-corrected chi connectivity index (χ2v) is 5.02. The van der Waals surface area contributed by atoms with E-state index in [2.05, 4.69) is 10.2 Å². The van der Waals surface area contributed by atoms with Gasteiger partial charge in [-0.25, -0.2) is 4.39 Å². The van der Waals surface area contributed by atoms with Gasteiger partial charge in [-0.2, -0.15) is 0 Å². The molecular weight excluding hydrogens is 279 g/mol. The first-order valence-corrected chi connectivity index (χ1v) is 7.35. The van der Waals surface area contributed by atoms with Crippen molar-refractivity contribution in [2.24, 2.45) is 5.73 Å². The molecule has 0 saturated heterocycles. The number of hydrogen-bond acceptors (Lipinski definition) is 5. The van der Waals surface area contributed by atoms with Gasteiger partial charge in [0.2, 0.25) is 0 Å². The molecule has 108 valence electrons. The third-order valence-corrected chi connectivity index (χ3v) is 3.52. The van der Waals surface area contributed by atoms with Gasteiger partial charge in [-0.05, 0) is 31.2 Å². The molecule has 2 rings (SSSR count). The second kappa shape index (κ2) is 7.37. The first kappa shape index (κ1) is 15.0. The molecule has 1 heterocycles. The van der Waals surface area contributed by atoms with Crippen LogP contribution in [0.15, 0.2) is 29.4 Å². The van der Waals surface area contributed by atoms with E-state index < -0.39 is 0 Å². The molecule has 20 heavy (non-hydrogen) atoms. The molecular formula is C13H17FN4OS. The van der Waals surface area contributed by atoms with Crippen LogP contribution >= 0.6 is 11.8 Å². The zero-order valence-electron chi connectivity index (χ0n) is 11.3. The molecule has 2 N–H and O–H groups in total. The number of nitrogens with two attached hydrogens (primary N) is 1. The summed E-state index contributed by atoms with van der Waals surface area (Å²) in [5, 5.41) is 8.93. The molecule has 1 aromatic carbocycles. The Balaban J connectivity index is 2.20. The van der Waals surface area contributed by atoms with Gasteiger partial charge < -0.3 is 10.5 Å². The lowest BCUT2D eigenvalue weighted by Gasteiger charge is -2.09. The van der Waals surface area contributed by atoms with E-state index in [1.54, 1.807) is 12.1 Å². The monoisotopic (exact) mass is 296 g/mol. The lowest BCUT2D eigenvalue weighted by atomic mass is 10.3. The molecule has 1 aromatic heterocycles. The van der Waals surface area contributed by atoms with Crippen LogP contribution in [0.25, 0.3) is 5.69 Å². The summed E-state index contributed by atoms with van der Waals surface area (Å²) in [6, 6.07) is 6.18. The first-order valence-electron chi connectivity index (χ1n) is 6.37. The van der Waals surface area contributed by atoms with Crippen molar-refractivity contribution in [3.05, 3.63) is 35.9 Å². The van der Waals surface area contributed by atoms with Gasteiger partial charge >= 0.3 is 0 Å². The topological polar surface area (TPSA) is 66.0 Å². The fourth-order valence-electron chi connectivity index (χ4n) is 1.71. The Morgan fingerprint density at radius 2 is 2.05 bits per heavy atom. The maximum Gasteiger partial charge on any atom is 0.195 e. The lowest BCUT2D eigenvalue weighted by molar-refractivity contribution is 0.164. The highest BCUT2D eigenvalue weighted by molar-refractivity contribution is 7.99. The molecule has 0 radical (unpaired) electrons. The van der Waals surface area contributed by atoms with E-state index in [-0.39, 0.29) is 12.4 Å². The van der Waals surface area contributed by atoms with Crippen molar-refractivity contribution < 1.29 is 9.13 Å². The van der Waals surface area contributed by atoms with Gasteiger partial charge in [-0.1, -0.05) is 11.8 Å². The standard InChI is InChI=1S/C13H17FN4OS/c1-2-19-7-8-20-13-17-16-12(9-15)18(13)11-5-3-10(14)4-6-11/h3-6H,2,7-9,15H2,1H3. The molecule has 5 nitrogen and oxygen atoms in total. The highest BCUT2D eigenvalue weighted by atomic mass is 32.2. The van der Waals surface area contributed by atoms with Crippen LogP contribution in [0, 0.1) is 5.82 Å². The smallest absolute Gasteiger partial charge is 0.195 e. The number of benzene rings is 1. The highest BCUT2D eigenvalue weighted by Gasteiger charge is 2.13. The maximum absolute atomic E-state index is 13.0. The molecule has 0 spiro atoms. The summed E-state index contributed by atoms with van der Waals surface area (Å²) < 4.78 is 20.2. The second-order valence-electron chi connectivity index (χ2n) is 3.96. The summed E-state index contributed by atoms with van der Waals surface area (Å²) in [7, 11) is 0. The predicted octanol–water partition coefficient (Wildman–Crippen LogP) is 1.99. The summed E-state index contributed by atoms with van der Waals surface area (Å²) in [5.41, 5.74) is 6.48. The molecule has 7 heteroatoms. The quantitative estimate of drug-likeness (QED) is 0.625. The van der Waals surface area contributed by atoms with Crippen LogP contribution in [0.3, 0.4) is 0 Å². The van der Waals surface area contributed by atoms with E-state index in [9.17, 15) is 4.39 Å². The van der Waals surface area contributed by atoms with Crippen molar-refractivity contribution in [2.75, 3.05) is 19.0 Å². The average molecular weight is 296 g/mol. The summed E-state index contributed by atoms with van der Waals surface area (Å²) in [6.07, 6.45) is 0. The zero-order chi connectivity index (χ0) is 14.4. The Morgan fingerprint density at radius 3 is 2.70 bits per heavy atom. The Hall–Kier alpha value is -1.44. The van der Waals surface area contributed by atoms with Crippen LogP contribution in [-0.4, -0.2) is 33.7 Å². The number of rotatable bonds is 7. The Bertz CT molecular complexity index is 544. The molecule has 0 saturated carbocycles. The fourth-order valence-corrected chi connectivity index (χ4v) is 2.53. The van der Waals surface area contributed by atoms with E-state index in [0.717, 1.165) is 16.6 Å². The van der Waals surface area contributed by atoms with Gasteiger partial charge in [-0.3, -0.25) is 4.57 Å². The Kier molecular flexibility index (Phi) is 5.51. The van der Waals surface area contributed by atoms with E-state index in [0.29, 0.717) is 19.0 Å². The third-order valence-electron chi connectivity index (χ3n) is 2.63. The summed E-state index contributed by atoms with van der Waals surface area (Å²) >= 11 is 1.54. The molecule has 0 atom stereocenters. The number of halogens is 1. The number of thioether (sulfide) groups is 1. The minimum absolute atomic E-state index is 0.274. The fraction of sp³-hybridized carbons (Fsp3) is 0.385. The number of nitrogens with zero attached hydrogens (tertiary/aromatic N) is 3. The largest absolute Gasteiger partial charge is 0.381 e. The normalized spacial score (nSPS) is 10.9. The average Bonchev–Trinajstić information content (AvgIpc) is 2.87. The Morgan fingerprint density at radius 1 is 1.30 bits per heavy atom. The van der Waals surface area contributed by atoms with Crippen molar-refractivity contribution >= 4 is 11.8 Å². The molecule has 2 aromatic rings. The number of hydrogen-bond donors (Lipinski definition) is 1. The van der Waals surface area contributed by atoms with Gasteiger partial charge in [0.25, 0.3) is 0 Å². The van der Waals surface area contributed by atoms with E-state index in [4.69, 9.17) is 10.5 Å². The molecule has 0 bridgehead atoms. The molecule has 0 amide bonds. The van der Waals surface area contributed by atoms with Crippen LogP contribution in [0.5, 0.6) is 0 Å². The third kappa shape index (κ3) is 3.56. The van der Waals surface area contributed by atoms with Gasteiger partial charge in [-0.15, -0.1) is 10.2 Å². The van der Waals surface area contributed by atoms with Crippen molar-refractivity contribution in [1.29, 1.82) is 0 Å². The molecule has 0 unspecified atom stereocenters. The molecule has 0 fully saturated rings. The summed E-state index contributed by atoms with van der Waals surface area (Å²) in [5.74, 6) is 1.15. The lowest BCUT2D eigenvalue weighted by Crippen LogP contribution is -2.08. The van der Waals surface area contributed by atoms with Crippen molar-refractivity contribution in [3.63, 3.8) is 0 Å². The van der Waals surface area contributed by atoms with Crippen LogP contribution in [-0.2, 0) is 11.3 Å². The first-order chi connectivity index (χ1) is 9.76. The SMILES string of the molecule is CCOCCSc1nnc(CN)n1-c1ccc(F)cc1. The van der Waals surface area contributed by atoms with Crippen molar-refractivity contribution in [2.45, 2.75) is 18.6 Å². The van der Waals surface area contributed by atoms with E-state index in [1.165, 1.54) is 23.9 Å². The van der Waals surface area contributed by atoms with Gasteiger partial charge in [0.1, 0.15) is 5.82 Å². The highest BCUT2D eigenvalue weighted by Crippen LogP contribution is 2.22. The van der Waals surface area contributed by atoms with E-state index in [1.807, 2.05) is 11.5 Å². The maximum atomic E-state index is 13.0. The van der Waals surface area contributed by atoms with Crippen LogP contribution in [0.4, 0.5) is 4.39 Å². The van der Waals surface area contributed by atoms with Gasteiger partial charge in [0.15, 0.2) is 11.0 Å². The van der Waals surface area contributed by atoms with Crippen LogP contribution in [0.2, 0.25) is 0 Å². The van der Waals surface area contributed by atoms with Crippen LogP contribution in [0.1, 0.15) is 12.7 Å². The number of aromatic nitrogens is 3. The van der Waals surface area contributed by atoms with Gasteiger partial charge in [0, 0.05) is 18.0 Å². The summed E-state index contributed by atoms with van der Waals surface area (Å²) in [4.78, 5) is 0. The van der Waals surface area contributed by atoms with E-state index >= 15 is 0 Å². The zero-order valence-corrected chi connectivity index (χ0v) is 12.1. The van der Waals surface area contributed by atoms with Crippen molar-refractivity contribution in [3.8, 4) is 5.69 Å². The van der Waals surface area contributed by atoms with Crippen molar-refractivity contribution in [1.82, 2.24) is 14.8 Å². The predicted molar refractivity (Wildman–Crippen MR) is 76.4 cm³/mol.